The standard InChI is InChI=1S/C6H6BCl/c1-5(7)3-4-6(2)8/h3-4H,1-2H2/b4-3-. The molecule has 0 aromatic carbocycles. The number of allylic oxidation sites excluding steroid dienone is 4. The quantitative estimate of drug-likeness (QED) is 0.390. The van der Waals surface area contributed by atoms with Crippen LogP contribution in [0.1, 0.15) is 0 Å². The molecule has 40 valence electrons. The van der Waals surface area contributed by atoms with E-state index in [1.54, 1.807) is 12.2 Å². The molecule has 0 aromatic rings. The van der Waals surface area contributed by atoms with Gasteiger partial charge in [0, 0.05) is 5.03 Å². The Labute approximate surface area is 56.0 Å². The molecule has 0 atom stereocenters. The van der Waals surface area contributed by atoms with E-state index >= 15 is 0 Å². The Morgan fingerprint density at radius 1 is 1.38 bits per heavy atom. The van der Waals surface area contributed by atoms with Gasteiger partial charge in [-0.05, 0) is 6.08 Å². The summed E-state index contributed by atoms with van der Waals surface area (Å²) in [5.74, 6) is 0. The maximum atomic E-state index is 5.34. The van der Waals surface area contributed by atoms with Crippen molar-refractivity contribution in [1.82, 2.24) is 0 Å². The van der Waals surface area contributed by atoms with E-state index in [0.717, 1.165) is 0 Å². The molecule has 0 aliphatic rings. The third-order valence-corrected chi connectivity index (χ3v) is 0.604. The lowest BCUT2D eigenvalue weighted by Gasteiger charge is -1.82. The van der Waals surface area contributed by atoms with Gasteiger partial charge in [-0.15, -0.1) is 12.1 Å². The van der Waals surface area contributed by atoms with Crippen LogP contribution in [0.3, 0.4) is 0 Å². The summed E-state index contributed by atoms with van der Waals surface area (Å²) in [5, 5.41) is 0.455. The van der Waals surface area contributed by atoms with Gasteiger partial charge in [0.1, 0.15) is 7.85 Å². The third kappa shape index (κ3) is 5.57. The predicted octanol–water partition coefficient (Wildman–Crippen LogP) is 1.98. The van der Waals surface area contributed by atoms with Crippen LogP contribution in [-0.2, 0) is 0 Å². The van der Waals surface area contributed by atoms with Gasteiger partial charge in [0.2, 0.25) is 0 Å². The zero-order valence-corrected chi connectivity index (χ0v) is 5.28. The Morgan fingerprint density at radius 2 is 1.88 bits per heavy atom. The van der Waals surface area contributed by atoms with Crippen LogP contribution in [0.25, 0.3) is 0 Å². The molecular weight excluding hydrogens is 118 g/mol. The Hall–Kier alpha value is -0.425. The lowest BCUT2D eigenvalue weighted by Crippen LogP contribution is -1.67. The zero-order valence-electron chi connectivity index (χ0n) is 4.52. The first-order valence-corrected chi connectivity index (χ1v) is 2.47. The van der Waals surface area contributed by atoms with Crippen molar-refractivity contribution in [3.8, 4) is 0 Å². The molecule has 0 fully saturated rings. The van der Waals surface area contributed by atoms with E-state index in [9.17, 15) is 0 Å². The molecule has 0 saturated heterocycles. The molecule has 2 heteroatoms. The van der Waals surface area contributed by atoms with Crippen LogP contribution in [0.5, 0.6) is 0 Å². The van der Waals surface area contributed by atoms with Crippen molar-refractivity contribution in [2.45, 2.75) is 0 Å². The molecule has 0 aliphatic carbocycles. The molecular formula is C6H6BCl. The summed E-state index contributed by atoms with van der Waals surface area (Å²) in [7, 11) is 5.16. The number of hydrogen-bond acceptors (Lipinski definition) is 0. The van der Waals surface area contributed by atoms with Gasteiger partial charge in [0.15, 0.2) is 0 Å². The molecule has 0 unspecified atom stereocenters. The SMILES string of the molecule is [B]C(=C)/C=C\C(=C)Cl. The Morgan fingerprint density at radius 3 is 2.00 bits per heavy atom. The normalized spacial score (nSPS) is 9.62. The average Bonchev–Trinajstić information content (AvgIpc) is 1.61. The molecule has 0 bridgehead atoms. The zero-order chi connectivity index (χ0) is 6.57. The Balaban J connectivity index is 3.67. The maximum absolute atomic E-state index is 5.34. The largest absolute Gasteiger partial charge is 0.112 e. The molecule has 0 heterocycles. The second-order valence-electron chi connectivity index (χ2n) is 1.36. The van der Waals surface area contributed by atoms with E-state index < -0.39 is 0 Å². The Kier molecular flexibility index (Phi) is 3.37. The van der Waals surface area contributed by atoms with Gasteiger partial charge in [-0.1, -0.05) is 24.3 Å². The Bertz CT molecular complexity index is 119. The molecule has 0 amide bonds. The van der Waals surface area contributed by atoms with Gasteiger partial charge in [0.05, 0.1) is 0 Å². The lowest BCUT2D eigenvalue weighted by molar-refractivity contribution is 1.88. The highest BCUT2D eigenvalue weighted by molar-refractivity contribution is 6.31. The minimum absolute atomic E-state index is 0.455. The molecule has 8 heavy (non-hydrogen) atoms. The van der Waals surface area contributed by atoms with Crippen molar-refractivity contribution >= 4 is 19.4 Å². The first-order chi connectivity index (χ1) is 3.63. The van der Waals surface area contributed by atoms with E-state index in [0.29, 0.717) is 10.5 Å². The molecule has 0 nitrogen and oxygen atoms in total. The van der Waals surface area contributed by atoms with Crippen LogP contribution >= 0.6 is 11.6 Å². The monoisotopic (exact) mass is 124 g/mol. The highest BCUT2D eigenvalue weighted by atomic mass is 35.5. The molecule has 0 spiro atoms. The van der Waals surface area contributed by atoms with Gasteiger partial charge in [-0.3, -0.25) is 0 Å². The molecule has 0 aromatic heterocycles. The third-order valence-electron chi connectivity index (χ3n) is 0.478. The topological polar surface area (TPSA) is 0 Å². The van der Waals surface area contributed by atoms with Crippen LogP contribution in [-0.4, -0.2) is 7.85 Å². The first-order valence-electron chi connectivity index (χ1n) is 2.10. The summed E-state index contributed by atoms with van der Waals surface area (Å²) in [5.41, 5.74) is 0.479. The summed E-state index contributed by atoms with van der Waals surface area (Å²) < 4.78 is 0. The van der Waals surface area contributed by atoms with E-state index in [1.165, 1.54) is 0 Å². The highest BCUT2D eigenvalue weighted by Crippen LogP contribution is 1.98. The fraction of sp³-hybridized carbons (Fsp3) is 0. The molecule has 0 aliphatic heterocycles. The fourth-order valence-corrected chi connectivity index (χ4v) is 0.260. The fourth-order valence-electron chi connectivity index (χ4n) is 0.197. The summed E-state index contributed by atoms with van der Waals surface area (Å²) >= 11 is 5.34. The second kappa shape index (κ2) is 3.56. The molecule has 0 rings (SSSR count). The van der Waals surface area contributed by atoms with Crippen molar-refractivity contribution in [2.24, 2.45) is 0 Å². The molecule has 2 radical (unpaired) electrons. The number of hydrogen-bond donors (Lipinski definition) is 0. The highest BCUT2D eigenvalue weighted by Gasteiger charge is 1.74. The van der Waals surface area contributed by atoms with Gasteiger partial charge < -0.3 is 0 Å². The minimum Gasteiger partial charge on any atom is -0.106 e. The van der Waals surface area contributed by atoms with Crippen LogP contribution in [0.15, 0.2) is 35.8 Å². The van der Waals surface area contributed by atoms with Crippen molar-refractivity contribution in [3.63, 3.8) is 0 Å². The van der Waals surface area contributed by atoms with Gasteiger partial charge in [-0.25, -0.2) is 0 Å². The van der Waals surface area contributed by atoms with Crippen molar-refractivity contribution < 1.29 is 0 Å². The van der Waals surface area contributed by atoms with Crippen molar-refractivity contribution in [1.29, 1.82) is 0 Å². The van der Waals surface area contributed by atoms with Crippen LogP contribution < -0.4 is 0 Å². The van der Waals surface area contributed by atoms with E-state index in [1.807, 2.05) is 0 Å². The number of rotatable bonds is 2. The van der Waals surface area contributed by atoms with E-state index in [4.69, 9.17) is 19.4 Å². The summed E-state index contributed by atoms with van der Waals surface area (Å²) in [6, 6.07) is 0. The second-order valence-corrected chi connectivity index (χ2v) is 1.84. The van der Waals surface area contributed by atoms with Crippen molar-refractivity contribution in [3.05, 3.63) is 35.8 Å². The van der Waals surface area contributed by atoms with Gasteiger partial charge in [-0.2, -0.15) is 0 Å². The van der Waals surface area contributed by atoms with E-state index in [2.05, 4.69) is 13.2 Å². The van der Waals surface area contributed by atoms with Crippen LogP contribution in [0.2, 0.25) is 0 Å². The lowest BCUT2D eigenvalue weighted by atomic mass is 9.98. The van der Waals surface area contributed by atoms with Crippen LogP contribution in [0.4, 0.5) is 0 Å². The number of halogens is 1. The van der Waals surface area contributed by atoms with Crippen LogP contribution in [0, 0.1) is 0 Å². The smallest absolute Gasteiger partial charge is 0.106 e. The first kappa shape index (κ1) is 7.57. The molecule has 0 N–H and O–H groups in total. The van der Waals surface area contributed by atoms with E-state index in [-0.39, 0.29) is 0 Å². The summed E-state index contributed by atoms with van der Waals surface area (Å²) in [6.07, 6.45) is 3.18. The summed E-state index contributed by atoms with van der Waals surface area (Å²) in [6.45, 7) is 6.83. The average molecular weight is 124 g/mol. The van der Waals surface area contributed by atoms with Crippen molar-refractivity contribution in [2.75, 3.05) is 0 Å². The van der Waals surface area contributed by atoms with Gasteiger partial charge >= 0.3 is 0 Å². The minimum atomic E-state index is 0.455. The molecule has 0 saturated carbocycles. The maximum Gasteiger partial charge on any atom is 0.112 e. The summed E-state index contributed by atoms with van der Waals surface area (Å²) in [4.78, 5) is 0. The predicted molar refractivity (Wildman–Crippen MR) is 39.0 cm³/mol. The van der Waals surface area contributed by atoms with Gasteiger partial charge in [0.25, 0.3) is 0 Å².